The Morgan fingerprint density at radius 1 is 0.966 bits per heavy atom. The number of carbonyl (C=O) groups is 2. The number of nitrogens with zero attached hydrogens (tertiary/aromatic N) is 3. The Kier molecular flexibility index (Phi) is 5.37. The quantitative estimate of drug-likeness (QED) is 0.700. The highest BCUT2D eigenvalue weighted by Gasteiger charge is 2.21. The number of carbonyl (C=O) groups excluding carboxylic acids is 2. The van der Waals surface area contributed by atoms with Crippen molar-refractivity contribution in [1.29, 1.82) is 0 Å². The second-order valence-electron chi connectivity index (χ2n) is 7.14. The van der Waals surface area contributed by atoms with E-state index in [-0.39, 0.29) is 11.8 Å². The normalized spacial score (nSPS) is 13.5. The Bertz CT molecular complexity index is 1040. The minimum absolute atomic E-state index is 0.0869. The third kappa shape index (κ3) is 4.34. The smallest absolute Gasteiger partial charge is 0.256 e. The maximum absolute atomic E-state index is 12.8. The molecule has 0 saturated carbocycles. The van der Waals surface area contributed by atoms with Crippen molar-refractivity contribution in [2.75, 3.05) is 23.3 Å². The van der Waals surface area contributed by atoms with Crippen LogP contribution in [0.25, 0.3) is 11.0 Å². The molecule has 2 N–H and O–H groups in total. The van der Waals surface area contributed by atoms with Crippen LogP contribution in [0.5, 0.6) is 0 Å². The van der Waals surface area contributed by atoms with Crippen LogP contribution in [0.2, 0.25) is 0 Å². The molecule has 4 rings (SSSR count). The van der Waals surface area contributed by atoms with Gasteiger partial charge in [-0.2, -0.15) is 0 Å². The summed E-state index contributed by atoms with van der Waals surface area (Å²) < 4.78 is 0. The molecular weight excluding hydrogens is 366 g/mol. The van der Waals surface area contributed by atoms with Crippen LogP contribution in [0.15, 0.2) is 48.5 Å². The standard InChI is InChI=1S/C22H23N5O2/c1-15(28)23-14-16-8-10-17(11-9-16)22(29)26-20-21(27-12-4-5-13-27)25-19-7-3-2-6-18(19)24-20/h2-3,6-11H,4-5,12-14H2,1H3,(H,23,28)(H,24,26,29). The lowest BCUT2D eigenvalue weighted by molar-refractivity contribution is -0.119. The summed E-state index contributed by atoms with van der Waals surface area (Å²) >= 11 is 0. The van der Waals surface area contributed by atoms with Crippen molar-refractivity contribution in [3.63, 3.8) is 0 Å². The predicted octanol–water partition coefficient (Wildman–Crippen LogP) is 3.12. The van der Waals surface area contributed by atoms with E-state index in [4.69, 9.17) is 4.98 Å². The van der Waals surface area contributed by atoms with Crippen molar-refractivity contribution >= 4 is 34.5 Å². The van der Waals surface area contributed by atoms with Crippen molar-refractivity contribution in [2.24, 2.45) is 0 Å². The molecule has 0 atom stereocenters. The Balaban J connectivity index is 1.58. The molecule has 148 valence electrons. The molecule has 0 unspecified atom stereocenters. The molecule has 0 spiro atoms. The number of hydrogen-bond acceptors (Lipinski definition) is 5. The highest BCUT2D eigenvalue weighted by molar-refractivity contribution is 6.05. The van der Waals surface area contributed by atoms with E-state index < -0.39 is 0 Å². The Morgan fingerprint density at radius 2 is 1.62 bits per heavy atom. The molecule has 2 heterocycles. The van der Waals surface area contributed by atoms with Crippen LogP contribution in [-0.4, -0.2) is 34.9 Å². The third-order valence-electron chi connectivity index (χ3n) is 4.95. The molecule has 1 saturated heterocycles. The predicted molar refractivity (Wildman–Crippen MR) is 113 cm³/mol. The van der Waals surface area contributed by atoms with Crippen LogP contribution in [0.4, 0.5) is 11.6 Å². The lowest BCUT2D eigenvalue weighted by Gasteiger charge is -2.20. The Morgan fingerprint density at radius 3 is 2.28 bits per heavy atom. The van der Waals surface area contributed by atoms with Crippen LogP contribution in [0.3, 0.4) is 0 Å². The van der Waals surface area contributed by atoms with Crippen molar-refractivity contribution < 1.29 is 9.59 Å². The number of benzene rings is 2. The zero-order valence-electron chi connectivity index (χ0n) is 16.3. The van der Waals surface area contributed by atoms with Gasteiger partial charge in [0.15, 0.2) is 11.6 Å². The van der Waals surface area contributed by atoms with Crippen LogP contribution < -0.4 is 15.5 Å². The molecule has 2 amide bonds. The SMILES string of the molecule is CC(=O)NCc1ccc(C(=O)Nc2nc3ccccc3nc2N2CCCC2)cc1. The molecule has 2 aromatic carbocycles. The molecule has 29 heavy (non-hydrogen) atoms. The summed E-state index contributed by atoms with van der Waals surface area (Å²) in [5.41, 5.74) is 3.02. The van der Waals surface area contributed by atoms with Crippen molar-refractivity contribution in [3.8, 4) is 0 Å². The number of amides is 2. The fourth-order valence-corrected chi connectivity index (χ4v) is 3.40. The third-order valence-corrected chi connectivity index (χ3v) is 4.95. The fourth-order valence-electron chi connectivity index (χ4n) is 3.40. The average Bonchev–Trinajstić information content (AvgIpc) is 3.27. The molecule has 1 aliphatic rings. The van der Waals surface area contributed by atoms with Crippen LogP contribution in [0.1, 0.15) is 35.7 Å². The first kappa shape index (κ1) is 18.9. The van der Waals surface area contributed by atoms with E-state index in [9.17, 15) is 9.59 Å². The van der Waals surface area contributed by atoms with Gasteiger partial charge >= 0.3 is 0 Å². The highest BCUT2D eigenvalue weighted by Crippen LogP contribution is 2.28. The number of hydrogen-bond donors (Lipinski definition) is 2. The van der Waals surface area contributed by atoms with Crippen molar-refractivity contribution in [1.82, 2.24) is 15.3 Å². The van der Waals surface area contributed by atoms with E-state index in [0.717, 1.165) is 48.3 Å². The first-order chi connectivity index (χ1) is 14.1. The van der Waals surface area contributed by atoms with E-state index in [2.05, 4.69) is 20.5 Å². The van der Waals surface area contributed by atoms with Crippen LogP contribution in [-0.2, 0) is 11.3 Å². The van der Waals surface area contributed by atoms with E-state index in [1.165, 1.54) is 6.92 Å². The second kappa shape index (κ2) is 8.26. The lowest BCUT2D eigenvalue weighted by atomic mass is 10.1. The van der Waals surface area contributed by atoms with Gasteiger partial charge < -0.3 is 15.5 Å². The van der Waals surface area contributed by atoms with Crippen LogP contribution in [0, 0.1) is 0 Å². The number of nitrogens with one attached hydrogen (secondary N) is 2. The first-order valence-corrected chi connectivity index (χ1v) is 9.76. The topological polar surface area (TPSA) is 87.2 Å². The zero-order valence-corrected chi connectivity index (χ0v) is 16.3. The fraction of sp³-hybridized carbons (Fsp3) is 0.273. The molecule has 1 aliphatic heterocycles. The van der Waals surface area contributed by atoms with Crippen molar-refractivity contribution in [2.45, 2.75) is 26.3 Å². The number of rotatable bonds is 5. The Labute approximate surface area is 169 Å². The monoisotopic (exact) mass is 389 g/mol. The number of aromatic nitrogens is 2. The molecule has 1 fully saturated rings. The van der Waals surface area contributed by atoms with Gasteiger partial charge in [0.2, 0.25) is 5.91 Å². The minimum atomic E-state index is -0.235. The molecule has 1 aromatic heterocycles. The maximum Gasteiger partial charge on any atom is 0.256 e. The summed E-state index contributed by atoms with van der Waals surface area (Å²) in [5.74, 6) is 0.881. The van der Waals surface area contributed by atoms with E-state index >= 15 is 0 Å². The van der Waals surface area contributed by atoms with Gasteiger partial charge in [0, 0.05) is 32.1 Å². The average molecular weight is 389 g/mol. The number of anilines is 2. The van der Waals surface area contributed by atoms with Gasteiger partial charge in [0.1, 0.15) is 0 Å². The minimum Gasteiger partial charge on any atom is -0.354 e. The summed E-state index contributed by atoms with van der Waals surface area (Å²) in [6.45, 7) is 3.73. The maximum atomic E-state index is 12.8. The number of para-hydroxylation sites is 2. The van der Waals surface area contributed by atoms with Crippen LogP contribution >= 0.6 is 0 Å². The molecular formula is C22H23N5O2. The molecule has 7 heteroatoms. The van der Waals surface area contributed by atoms with Gasteiger partial charge in [0.25, 0.3) is 5.91 Å². The van der Waals surface area contributed by atoms with E-state index in [1.54, 1.807) is 12.1 Å². The summed E-state index contributed by atoms with van der Waals surface area (Å²) in [4.78, 5) is 35.5. The molecule has 0 radical (unpaired) electrons. The van der Waals surface area contributed by atoms with Gasteiger partial charge in [-0.15, -0.1) is 0 Å². The summed E-state index contributed by atoms with van der Waals surface area (Å²) in [5, 5.41) is 5.68. The Hall–Kier alpha value is -3.48. The van der Waals surface area contributed by atoms with Gasteiger partial charge in [-0.25, -0.2) is 9.97 Å². The van der Waals surface area contributed by atoms with Crippen molar-refractivity contribution in [3.05, 3.63) is 59.7 Å². The number of fused-ring (bicyclic) bond motifs is 1. The lowest BCUT2D eigenvalue weighted by Crippen LogP contribution is -2.23. The summed E-state index contributed by atoms with van der Waals surface area (Å²) in [6.07, 6.45) is 2.22. The molecule has 0 aliphatic carbocycles. The summed E-state index contributed by atoms with van der Waals surface area (Å²) in [6, 6.07) is 14.8. The zero-order chi connectivity index (χ0) is 20.2. The first-order valence-electron chi connectivity index (χ1n) is 9.76. The second-order valence-corrected chi connectivity index (χ2v) is 7.14. The highest BCUT2D eigenvalue weighted by atomic mass is 16.2. The molecule has 3 aromatic rings. The van der Waals surface area contributed by atoms with Gasteiger partial charge in [-0.05, 0) is 42.7 Å². The van der Waals surface area contributed by atoms with Gasteiger partial charge in [-0.3, -0.25) is 9.59 Å². The molecule has 7 nitrogen and oxygen atoms in total. The summed E-state index contributed by atoms with van der Waals surface area (Å²) in [7, 11) is 0. The largest absolute Gasteiger partial charge is 0.354 e. The van der Waals surface area contributed by atoms with E-state index in [1.807, 2.05) is 36.4 Å². The van der Waals surface area contributed by atoms with Gasteiger partial charge in [-0.1, -0.05) is 24.3 Å². The van der Waals surface area contributed by atoms with Gasteiger partial charge in [0.05, 0.1) is 11.0 Å². The van der Waals surface area contributed by atoms with E-state index in [0.29, 0.717) is 17.9 Å². The molecule has 0 bridgehead atoms.